The van der Waals surface area contributed by atoms with Gasteiger partial charge in [0.15, 0.2) is 0 Å². The van der Waals surface area contributed by atoms with Crippen molar-refractivity contribution in [2.45, 2.75) is 0 Å². The average molecular weight is 92.1 g/mol. The summed E-state index contributed by atoms with van der Waals surface area (Å²) in [6, 6.07) is 3.77. The van der Waals surface area contributed by atoms with Gasteiger partial charge in [-0.15, -0.1) is 6.07 Å². The van der Waals surface area contributed by atoms with Crippen molar-refractivity contribution in [1.29, 1.82) is 0 Å². The summed E-state index contributed by atoms with van der Waals surface area (Å²) in [4.78, 5) is 3.82. The summed E-state index contributed by atoms with van der Waals surface area (Å²) in [5.74, 6) is 0. The summed E-state index contributed by atoms with van der Waals surface area (Å²) < 4.78 is 0. The van der Waals surface area contributed by atoms with Crippen molar-refractivity contribution in [2.24, 2.45) is 0 Å². The van der Waals surface area contributed by atoms with E-state index in [-0.39, 0.29) is 0 Å². The fourth-order valence-corrected chi connectivity index (χ4v) is 0.398. The Labute approximate surface area is 43.0 Å². The van der Waals surface area contributed by atoms with Gasteiger partial charge in [0.05, 0.1) is 0 Å². The Morgan fingerprint density at radius 1 is 1.57 bits per heavy atom. The first kappa shape index (κ1) is 4.19. The Morgan fingerprint density at radius 2 is 2.43 bits per heavy atom. The molecule has 1 nitrogen and oxygen atoms in total. The lowest BCUT2D eigenvalue weighted by molar-refractivity contribution is 1.31. The van der Waals surface area contributed by atoms with Crippen LogP contribution in [0.4, 0.5) is 0 Å². The number of hydrogen-bond donors (Lipinski definition) is 0. The van der Waals surface area contributed by atoms with Gasteiger partial charge in [-0.05, 0) is 6.20 Å². The second-order valence-corrected chi connectivity index (χ2v) is 1.36. The van der Waals surface area contributed by atoms with Crippen LogP contribution >= 0.6 is 0 Å². The number of aromatic nitrogens is 1. The van der Waals surface area contributed by atoms with Gasteiger partial charge in [0.2, 0.25) is 0 Å². The van der Waals surface area contributed by atoms with E-state index in [1.165, 1.54) is 0 Å². The molecule has 1 aromatic heterocycles. The summed E-state index contributed by atoms with van der Waals surface area (Å²) in [5, 5.41) is 0. The highest BCUT2D eigenvalue weighted by atomic mass is 14.6. The lowest BCUT2D eigenvalue weighted by Gasteiger charge is -1.92. The Hall–Kier alpha value is -0.980. The summed E-state index contributed by atoms with van der Waals surface area (Å²) in [6.45, 7) is 3.66. The zero-order valence-electron chi connectivity index (χ0n) is 3.96. The number of rotatable bonds is 0. The van der Waals surface area contributed by atoms with Gasteiger partial charge in [-0.3, -0.25) is 0 Å². The van der Waals surface area contributed by atoms with Gasteiger partial charge in [0, 0.05) is 0 Å². The van der Waals surface area contributed by atoms with E-state index in [9.17, 15) is 0 Å². The monoisotopic (exact) mass is 92.1 g/mol. The van der Waals surface area contributed by atoms with Crippen molar-refractivity contribution in [3.63, 3.8) is 0 Å². The molecule has 0 spiro atoms. The van der Waals surface area contributed by atoms with E-state index in [0.717, 1.165) is 5.56 Å². The van der Waals surface area contributed by atoms with E-state index < -0.39 is 0 Å². The van der Waals surface area contributed by atoms with Crippen molar-refractivity contribution in [2.75, 3.05) is 0 Å². The highest BCUT2D eigenvalue weighted by Crippen LogP contribution is 1.88. The summed E-state index contributed by atoms with van der Waals surface area (Å²) in [7, 11) is 0. The van der Waals surface area contributed by atoms with Crippen LogP contribution in [0, 0.1) is 6.92 Å². The van der Waals surface area contributed by atoms with Crippen LogP contribution in [0.1, 0.15) is 5.56 Å². The molecule has 0 aliphatic rings. The van der Waals surface area contributed by atoms with Crippen molar-refractivity contribution in [1.82, 2.24) is 4.98 Å². The van der Waals surface area contributed by atoms with E-state index in [1.807, 2.05) is 12.1 Å². The molecule has 36 valence electrons. The fourth-order valence-electron chi connectivity index (χ4n) is 0.398. The number of nitrogens with zero attached hydrogens (tertiary/aromatic N) is 1. The van der Waals surface area contributed by atoms with Crippen LogP contribution in [0.3, 0.4) is 0 Å². The molecule has 0 aromatic carbocycles. The van der Waals surface area contributed by atoms with Crippen molar-refractivity contribution >= 4 is 0 Å². The minimum Gasteiger partial charge on any atom is -0.329 e. The third kappa shape index (κ3) is 0.929. The van der Waals surface area contributed by atoms with Crippen LogP contribution in [-0.4, -0.2) is 4.98 Å². The van der Waals surface area contributed by atoms with Gasteiger partial charge in [-0.2, -0.15) is 18.6 Å². The molecule has 7 heavy (non-hydrogen) atoms. The maximum Gasteiger partial charge on any atom is -0.000388 e. The summed E-state index contributed by atoms with van der Waals surface area (Å²) >= 11 is 0. The van der Waals surface area contributed by atoms with Crippen LogP contribution in [-0.2, 0) is 0 Å². The smallest absolute Gasteiger partial charge is 0.000388 e. The molecule has 1 aromatic rings. The zero-order valence-corrected chi connectivity index (χ0v) is 3.96. The topological polar surface area (TPSA) is 12.9 Å². The maximum absolute atomic E-state index is 3.82. The molecule has 0 unspecified atom stereocenters. The predicted molar refractivity (Wildman–Crippen MR) is 28.7 cm³/mol. The minimum absolute atomic E-state index is 0.961. The van der Waals surface area contributed by atoms with Crippen LogP contribution in [0.5, 0.6) is 0 Å². The molecule has 0 aliphatic carbocycles. The third-order valence-corrected chi connectivity index (χ3v) is 0.723. The van der Waals surface area contributed by atoms with E-state index >= 15 is 0 Å². The van der Waals surface area contributed by atoms with Crippen LogP contribution < -0.4 is 0 Å². The first-order valence-corrected chi connectivity index (χ1v) is 2.11. The number of pyridine rings is 1. The Kier molecular flexibility index (Phi) is 0.984. The van der Waals surface area contributed by atoms with Gasteiger partial charge < -0.3 is 4.98 Å². The quantitative estimate of drug-likeness (QED) is 0.439. The maximum atomic E-state index is 3.82. The first-order chi connectivity index (χ1) is 3.39. The van der Waals surface area contributed by atoms with E-state index in [4.69, 9.17) is 0 Å². The van der Waals surface area contributed by atoms with E-state index in [0.29, 0.717) is 0 Å². The lowest BCUT2D eigenvalue weighted by atomic mass is 10.3. The minimum atomic E-state index is 0.961. The molecule has 0 saturated heterocycles. The molecular weight excluding hydrogens is 86.1 g/mol. The molecule has 0 atom stereocenters. The van der Waals surface area contributed by atoms with Gasteiger partial charge in [-0.25, -0.2) is 0 Å². The highest BCUT2D eigenvalue weighted by Gasteiger charge is 1.62. The summed E-state index contributed by atoms with van der Waals surface area (Å²) in [5.41, 5.74) is 0.961. The molecule has 0 bridgehead atoms. The number of hydrogen-bond acceptors (Lipinski definition) is 1. The van der Waals surface area contributed by atoms with Crippen molar-refractivity contribution < 1.29 is 0 Å². The van der Waals surface area contributed by atoms with Gasteiger partial charge in [0.1, 0.15) is 0 Å². The molecule has 0 radical (unpaired) electrons. The predicted octanol–water partition coefficient (Wildman–Crippen LogP) is 1.26. The van der Waals surface area contributed by atoms with Gasteiger partial charge >= 0.3 is 0 Å². The first-order valence-electron chi connectivity index (χ1n) is 2.11. The van der Waals surface area contributed by atoms with Crippen molar-refractivity contribution in [3.8, 4) is 0 Å². The molecule has 1 heterocycles. The van der Waals surface area contributed by atoms with Crippen LogP contribution in [0.25, 0.3) is 0 Å². The molecule has 1 rings (SSSR count). The second kappa shape index (κ2) is 1.65. The molecule has 0 aliphatic heterocycles. The van der Waals surface area contributed by atoms with Gasteiger partial charge in [-0.1, -0.05) is 6.20 Å². The Balaban J connectivity index is 3.02. The standard InChI is InChI=1S/C6H6N/c1-6-3-2-4-7-5-6/h2-5H,1H2/q-1. The van der Waals surface area contributed by atoms with Crippen molar-refractivity contribution in [3.05, 3.63) is 37.0 Å². The van der Waals surface area contributed by atoms with Crippen LogP contribution in [0.2, 0.25) is 0 Å². The zero-order chi connectivity index (χ0) is 5.11. The highest BCUT2D eigenvalue weighted by molar-refractivity contribution is 5.10. The fraction of sp³-hybridized carbons (Fsp3) is 0. The second-order valence-electron chi connectivity index (χ2n) is 1.36. The molecule has 0 saturated carbocycles. The Morgan fingerprint density at radius 3 is 2.71 bits per heavy atom. The molecule has 0 fully saturated rings. The Bertz CT molecular complexity index is 134. The molecule has 0 N–H and O–H groups in total. The van der Waals surface area contributed by atoms with Gasteiger partial charge in [0.25, 0.3) is 0 Å². The third-order valence-electron chi connectivity index (χ3n) is 0.723. The average Bonchev–Trinajstić information content (AvgIpc) is 1.69. The van der Waals surface area contributed by atoms with Crippen LogP contribution in [0.15, 0.2) is 24.5 Å². The largest absolute Gasteiger partial charge is 0.329 e. The van der Waals surface area contributed by atoms with E-state index in [2.05, 4.69) is 11.9 Å². The lowest BCUT2D eigenvalue weighted by Crippen LogP contribution is -1.69. The normalized spacial score (nSPS) is 8.57. The van der Waals surface area contributed by atoms with E-state index in [1.54, 1.807) is 12.4 Å². The molecule has 1 heteroatoms. The molecular formula is C6H6N-. The molecule has 0 amide bonds. The SMILES string of the molecule is [CH2-]c1cccnc1. The summed E-state index contributed by atoms with van der Waals surface area (Å²) in [6.07, 6.45) is 3.45.